The zero-order valence-corrected chi connectivity index (χ0v) is 30.2. The lowest BCUT2D eigenvalue weighted by Gasteiger charge is -2.49. The highest BCUT2D eigenvalue weighted by Crippen LogP contribution is 2.42. The minimum absolute atomic E-state index is 0.109. The number of allylic oxidation sites excluding steroid dienone is 1. The average Bonchev–Trinajstić information content (AvgIpc) is 3.63. The number of fused-ring (bicyclic) bond motifs is 1. The first kappa shape index (κ1) is 38.1. The number of thioether (sulfide) groups is 1. The van der Waals surface area contributed by atoms with E-state index in [1.807, 2.05) is 91.0 Å². The topological polar surface area (TPSA) is 177 Å². The normalized spacial score (nSPS) is 17.8. The number of aromatic nitrogens is 1. The van der Waals surface area contributed by atoms with Gasteiger partial charge in [0.05, 0.1) is 0 Å². The molecule has 0 radical (unpaired) electrons. The Hall–Kier alpha value is -5.66. The summed E-state index contributed by atoms with van der Waals surface area (Å²) in [7, 11) is -4.76. The van der Waals surface area contributed by atoms with E-state index in [1.165, 1.54) is 18.4 Å². The fourth-order valence-corrected chi connectivity index (χ4v) is 8.28. The van der Waals surface area contributed by atoms with Crippen molar-refractivity contribution in [3.63, 3.8) is 0 Å². The molecule has 2 aliphatic rings. The molecule has 3 heterocycles. The zero-order chi connectivity index (χ0) is 38.7. The van der Waals surface area contributed by atoms with Crippen molar-refractivity contribution in [3.8, 4) is 0 Å². The van der Waals surface area contributed by atoms with E-state index in [-0.39, 0.29) is 29.0 Å². The van der Waals surface area contributed by atoms with Crippen molar-refractivity contribution in [1.82, 2.24) is 15.2 Å². The van der Waals surface area contributed by atoms with Crippen molar-refractivity contribution >= 4 is 61.8 Å². The molecule has 280 valence electrons. The van der Waals surface area contributed by atoms with Gasteiger partial charge in [0.15, 0.2) is 10.8 Å². The Bertz CT molecular complexity index is 2150. The van der Waals surface area contributed by atoms with Crippen molar-refractivity contribution in [3.05, 3.63) is 142 Å². The Labute approximate surface area is 314 Å². The van der Waals surface area contributed by atoms with Gasteiger partial charge in [-0.15, -0.1) is 23.1 Å². The number of anilines is 1. The summed E-state index contributed by atoms with van der Waals surface area (Å²) in [5.74, 6) is -3.49. The lowest BCUT2D eigenvalue weighted by atomic mass is 9.77. The third-order valence-corrected chi connectivity index (χ3v) is 11.3. The van der Waals surface area contributed by atoms with E-state index in [4.69, 9.17) is 4.84 Å². The number of nitrogens with one attached hydrogen (secondary N) is 2. The van der Waals surface area contributed by atoms with Crippen LogP contribution in [0.2, 0.25) is 0 Å². The van der Waals surface area contributed by atoms with Crippen LogP contribution in [0.1, 0.15) is 22.4 Å². The molecule has 2 aliphatic heterocycles. The lowest BCUT2D eigenvalue weighted by molar-refractivity contribution is -0.150. The quantitative estimate of drug-likeness (QED) is 0.0315. The molecule has 0 saturated carbocycles. The van der Waals surface area contributed by atoms with E-state index >= 15 is 0 Å². The Morgan fingerprint density at radius 3 is 2.04 bits per heavy atom. The molecule has 4 aromatic rings. The van der Waals surface area contributed by atoms with Crippen molar-refractivity contribution < 1.29 is 50.1 Å². The standard InChI is InChI=1S/C35H28F3N5O8S3/c1-50-42-26(29(44)40-27-30(45)43-28(32(46)47)21(19-52-31(27)43)17-18-51-54(48,49)35(36,37)38)25-20-53-33(39-25)41-34(22-11-5-2-6-12-22,23-13-7-3-8-14-23)24-15-9-4-10-16-24/h2-18,20,27,31H,19H2,1H3,(H,39,41)(H,40,44)(H,46,47)/b18-17+,42-26?. The number of rotatable bonds is 13. The van der Waals surface area contributed by atoms with Gasteiger partial charge in [-0.05, 0) is 28.3 Å². The molecule has 13 nitrogen and oxygen atoms in total. The first-order valence-electron chi connectivity index (χ1n) is 15.7. The van der Waals surface area contributed by atoms with Gasteiger partial charge in [0, 0.05) is 11.1 Å². The van der Waals surface area contributed by atoms with Crippen LogP contribution in [0.15, 0.2) is 125 Å². The second-order valence-electron chi connectivity index (χ2n) is 11.5. The molecule has 1 saturated heterocycles. The van der Waals surface area contributed by atoms with Crippen LogP contribution in [0.5, 0.6) is 0 Å². The molecule has 0 spiro atoms. The maximum absolute atomic E-state index is 13.6. The Morgan fingerprint density at radius 1 is 0.981 bits per heavy atom. The van der Waals surface area contributed by atoms with E-state index in [9.17, 15) is 41.1 Å². The van der Waals surface area contributed by atoms with Crippen LogP contribution in [0.25, 0.3) is 0 Å². The highest BCUT2D eigenvalue weighted by atomic mass is 32.2. The number of amides is 2. The van der Waals surface area contributed by atoms with Gasteiger partial charge >= 0.3 is 21.6 Å². The Kier molecular flexibility index (Phi) is 10.8. The monoisotopic (exact) mass is 799 g/mol. The number of aliphatic carboxylic acids is 1. The third-order valence-electron chi connectivity index (χ3n) is 8.28. The number of nitrogens with zero attached hydrogens (tertiary/aromatic N) is 3. The van der Waals surface area contributed by atoms with Crippen molar-refractivity contribution in [2.75, 3.05) is 18.2 Å². The maximum Gasteiger partial charge on any atom is 0.534 e. The Morgan fingerprint density at radius 2 is 1.54 bits per heavy atom. The summed E-state index contributed by atoms with van der Waals surface area (Å²) >= 11 is 2.18. The van der Waals surface area contributed by atoms with E-state index in [0.29, 0.717) is 11.2 Å². The number of β-lactam (4-membered cyclic amide) rings is 1. The van der Waals surface area contributed by atoms with Gasteiger partial charge in [-0.25, -0.2) is 9.78 Å². The van der Waals surface area contributed by atoms with Gasteiger partial charge in [0.1, 0.15) is 41.7 Å². The summed E-state index contributed by atoms with van der Waals surface area (Å²) in [4.78, 5) is 49.5. The highest BCUT2D eigenvalue weighted by molar-refractivity contribution is 8.00. The largest absolute Gasteiger partial charge is 0.534 e. The average molecular weight is 800 g/mol. The molecule has 1 fully saturated rings. The van der Waals surface area contributed by atoms with Crippen molar-refractivity contribution in [2.24, 2.45) is 5.16 Å². The van der Waals surface area contributed by atoms with Crippen LogP contribution >= 0.6 is 23.1 Å². The predicted octanol–water partition coefficient (Wildman–Crippen LogP) is 5.02. The first-order valence-corrected chi connectivity index (χ1v) is 19.0. The smallest absolute Gasteiger partial charge is 0.477 e. The number of carbonyl (C=O) groups is 3. The summed E-state index contributed by atoms with van der Waals surface area (Å²) in [5, 5.41) is 21.0. The van der Waals surface area contributed by atoms with E-state index in [2.05, 4.69) is 25.0 Å². The van der Waals surface area contributed by atoms with E-state index in [0.717, 1.165) is 33.4 Å². The van der Waals surface area contributed by atoms with Crippen molar-refractivity contribution in [2.45, 2.75) is 22.5 Å². The van der Waals surface area contributed by atoms with Crippen LogP contribution in [0.4, 0.5) is 18.3 Å². The molecular formula is C35H28F3N5O8S3. The summed E-state index contributed by atoms with van der Waals surface area (Å²) in [6, 6.07) is 28.0. The predicted molar refractivity (Wildman–Crippen MR) is 193 cm³/mol. The van der Waals surface area contributed by atoms with Crippen LogP contribution < -0.4 is 10.6 Å². The summed E-state index contributed by atoms with van der Waals surface area (Å²) in [6.07, 6.45) is 0.897. The number of oxime groups is 1. The van der Waals surface area contributed by atoms with E-state index in [1.54, 1.807) is 5.38 Å². The number of carbonyl (C=O) groups excluding carboxylic acids is 2. The Balaban J connectivity index is 1.24. The minimum atomic E-state index is -5.98. The molecular weight excluding hydrogens is 772 g/mol. The molecule has 2 atom stereocenters. The molecule has 3 N–H and O–H groups in total. The number of benzene rings is 3. The molecule has 54 heavy (non-hydrogen) atoms. The zero-order valence-electron chi connectivity index (χ0n) is 27.8. The summed E-state index contributed by atoms with van der Waals surface area (Å²) < 4.78 is 64.1. The molecule has 2 amide bonds. The fraction of sp³-hybridized carbons (Fsp3) is 0.171. The second kappa shape index (κ2) is 15.4. The number of halogens is 3. The number of thiazole rings is 1. The number of carboxylic acid groups (broad SMARTS) is 1. The minimum Gasteiger partial charge on any atom is -0.477 e. The van der Waals surface area contributed by atoms with Gasteiger partial charge in [-0.2, -0.15) is 21.6 Å². The van der Waals surface area contributed by atoms with E-state index < -0.39 is 56.1 Å². The van der Waals surface area contributed by atoms with Gasteiger partial charge in [-0.1, -0.05) is 96.2 Å². The lowest BCUT2D eigenvalue weighted by Crippen LogP contribution is -2.71. The molecule has 19 heteroatoms. The van der Waals surface area contributed by atoms with Crippen LogP contribution in [-0.2, 0) is 39.1 Å². The SMILES string of the molecule is CON=C(C(=O)NC1C(=O)N2C(C(=O)O)=C(/C=C/OS(=O)(=O)C(F)(F)F)CSC12)c1csc(NC(c2ccccc2)(c2ccccc2)c2ccccc2)n1. The molecule has 6 rings (SSSR count). The number of alkyl halides is 3. The van der Waals surface area contributed by atoms with Gasteiger partial charge in [-0.3, -0.25) is 14.5 Å². The van der Waals surface area contributed by atoms with Crippen molar-refractivity contribution in [1.29, 1.82) is 0 Å². The molecule has 2 unspecified atom stereocenters. The number of carboxylic acids is 1. The first-order chi connectivity index (χ1) is 25.8. The molecule has 0 aliphatic carbocycles. The highest BCUT2D eigenvalue weighted by Gasteiger charge is 2.54. The molecule has 1 aromatic heterocycles. The van der Waals surface area contributed by atoms with Crippen LogP contribution in [0, 0.1) is 0 Å². The third kappa shape index (κ3) is 7.29. The molecule has 3 aromatic carbocycles. The van der Waals surface area contributed by atoms with Crippen LogP contribution in [0.3, 0.4) is 0 Å². The fourth-order valence-electron chi connectivity index (χ4n) is 5.90. The summed E-state index contributed by atoms with van der Waals surface area (Å²) in [5.41, 5.74) is -4.88. The summed E-state index contributed by atoms with van der Waals surface area (Å²) in [6.45, 7) is 0. The van der Waals surface area contributed by atoms with Gasteiger partial charge in [0.25, 0.3) is 11.8 Å². The van der Waals surface area contributed by atoms with Crippen LogP contribution in [-0.4, -0.2) is 76.7 Å². The van der Waals surface area contributed by atoms with Gasteiger partial charge in [0.2, 0.25) is 0 Å². The van der Waals surface area contributed by atoms with Gasteiger partial charge < -0.3 is 24.8 Å². The maximum atomic E-state index is 13.6. The second-order valence-corrected chi connectivity index (χ2v) is 15.0. The number of hydrogen-bond donors (Lipinski definition) is 3. The number of hydrogen-bond acceptors (Lipinski definition) is 12. The molecule has 0 bridgehead atoms.